The lowest BCUT2D eigenvalue weighted by Crippen LogP contribution is -2.29. The van der Waals surface area contributed by atoms with Gasteiger partial charge in [0.1, 0.15) is 0 Å². The molecule has 18 heavy (non-hydrogen) atoms. The summed E-state index contributed by atoms with van der Waals surface area (Å²) >= 11 is 14.0. The fraction of sp³-hybridized carbons (Fsp3) is 0.231. The highest BCUT2D eigenvalue weighted by molar-refractivity contribution is 7.10. The van der Waals surface area contributed by atoms with E-state index in [0.717, 1.165) is 5.56 Å². The largest absolute Gasteiger partial charge is 0.271 e. The Kier molecular flexibility index (Phi) is 4.65. The molecule has 0 amide bonds. The minimum absolute atomic E-state index is 0.0300. The Bertz CT molecular complexity index is 519. The van der Waals surface area contributed by atoms with E-state index in [9.17, 15) is 0 Å². The fourth-order valence-electron chi connectivity index (χ4n) is 1.90. The first-order valence-corrected chi connectivity index (χ1v) is 7.20. The van der Waals surface area contributed by atoms with Gasteiger partial charge in [-0.1, -0.05) is 29.3 Å². The summed E-state index contributed by atoms with van der Waals surface area (Å²) in [5.41, 5.74) is 5.00. The van der Waals surface area contributed by atoms with Gasteiger partial charge in [-0.05, 0) is 48.1 Å². The molecule has 5 heteroatoms. The van der Waals surface area contributed by atoms with Crippen molar-refractivity contribution in [3.8, 4) is 0 Å². The average Bonchev–Trinajstić information content (AvgIpc) is 2.76. The van der Waals surface area contributed by atoms with Gasteiger partial charge in [-0.15, -0.1) is 11.3 Å². The van der Waals surface area contributed by atoms with Crippen LogP contribution in [-0.4, -0.2) is 0 Å². The van der Waals surface area contributed by atoms with Gasteiger partial charge in [0.25, 0.3) is 0 Å². The van der Waals surface area contributed by atoms with Crippen LogP contribution in [0.25, 0.3) is 0 Å². The summed E-state index contributed by atoms with van der Waals surface area (Å²) in [7, 11) is 0. The normalized spacial score (nSPS) is 12.7. The molecule has 0 bridgehead atoms. The van der Waals surface area contributed by atoms with Crippen LogP contribution in [0.15, 0.2) is 29.6 Å². The summed E-state index contributed by atoms with van der Waals surface area (Å²) < 4.78 is 0. The van der Waals surface area contributed by atoms with Crippen molar-refractivity contribution in [2.24, 2.45) is 5.84 Å². The number of nitrogens with two attached hydrogens (primary N) is 1. The predicted molar refractivity (Wildman–Crippen MR) is 79.3 cm³/mol. The number of hydrazine groups is 1. The molecule has 1 aromatic heterocycles. The van der Waals surface area contributed by atoms with Gasteiger partial charge in [0.15, 0.2) is 0 Å². The van der Waals surface area contributed by atoms with Crippen molar-refractivity contribution >= 4 is 34.5 Å². The third-order valence-electron chi connectivity index (χ3n) is 2.89. The molecule has 0 saturated carbocycles. The van der Waals surface area contributed by atoms with Crippen molar-refractivity contribution in [3.63, 3.8) is 0 Å². The Balaban J connectivity index is 2.29. The van der Waals surface area contributed by atoms with Gasteiger partial charge in [0, 0.05) is 14.9 Å². The topological polar surface area (TPSA) is 38.0 Å². The van der Waals surface area contributed by atoms with E-state index >= 15 is 0 Å². The van der Waals surface area contributed by atoms with E-state index in [1.54, 1.807) is 11.3 Å². The first-order chi connectivity index (χ1) is 8.63. The van der Waals surface area contributed by atoms with Gasteiger partial charge in [0.05, 0.1) is 6.04 Å². The summed E-state index contributed by atoms with van der Waals surface area (Å²) in [6, 6.07) is 7.64. The van der Waals surface area contributed by atoms with E-state index in [1.807, 2.05) is 18.2 Å². The Labute approximate surface area is 121 Å². The molecule has 96 valence electrons. The SMILES string of the molecule is Cc1ccsc1C(Cc1c(Cl)cccc1Cl)NN. The van der Waals surface area contributed by atoms with Crippen LogP contribution in [0, 0.1) is 6.92 Å². The monoisotopic (exact) mass is 300 g/mol. The Morgan fingerprint density at radius 1 is 1.28 bits per heavy atom. The number of hydrogen-bond donors (Lipinski definition) is 2. The first kappa shape index (κ1) is 13.8. The molecule has 0 aliphatic rings. The molecular formula is C13H14Cl2N2S. The van der Waals surface area contributed by atoms with Gasteiger partial charge < -0.3 is 0 Å². The second-order valence-corrected chi connectivity index (χ2v) is 5.85. The van der Waals surface area contributed by atoms with E-state index in [2.05, 4.69) is 23.8 Å². The third-order valence-corrected chi connectivity index (χ3v) is 4.73. The highest BCUT2D eigenvalue weighted by Gasteiger charge is 2.17. The number of rotatable bonds is 4. The molecule has 3 N–H and O–H groups in total. The van der Waals surface area contributed by atoms with Crippen LogP contribution < -0.4 is 11.3 Å². The van der Waals surface area contributed by atoms with Crippen LogP contribution >= 0.6 is 34.5 Å². The highest BCUT2D eigenvalue weighted by atomic mass is 35.5. The molecule has 0 spiro atoms. The van der Waals surface area contributed by atoms with E-state index in [-0.39, 0.29) is 6.04 Å². The minimum Gasteiger partial charge on any atom is -0.271 e. The lowest BCUT2D eigenvalue weighted by Gasteiger charge is -2.17. The summed E-state index contributed by atoms with van der Waals surface area (Å²) in [6.07, 6.45) is 0.677. The number of thiophene rings is 1. The van der Waals surface area contributed by atoms with Crippen molar-refractivity contribution in [1.82, 2.24) is 5.43 Å². The van der Waals surface area contributed by atoms with Gasteiger partial charge in [-0.3, -0.25) is 11.3 Å². The molecule has 1 atom stereocenters. The van der Waals surface area contributed by atoms with Crippen LogP contribution in [0.5, 0.6) is 0 Å². The van der Waals surface area contributed by atoms with Crippen molar-refractivity contribution in [3.05, 3.63) is 55.7 Å². The maximum absolute atomic E-state index is 6.18. The standard InChI is InChI=1S/C13H14Cl2N2S/c1-8-5-6-18-13(8)12(17-16)7-9-10(14)3-2-4-11(9)15/h2-6,12,17H,7,16H2,1H3. The van der Waals surface area contributed by atoms with Crippen molar-refractivity contribution in [2.75, 3.05) is 0 Å². The lowest BCUT2D eigenvalue weighted by molar-refractivity contribution is 0.558. The fourth-order valence-corrected chi connectivity index (χ4v) is 3.44. The number of aryl methyl sites for hydroxylation is 1. The first-order valence-electron chi connectivity index (χ1n) is 5.56. The smallest absolute Gasteiger partial charge is 0.0597 e. The predicted octanol–water partition coefficient (Wildman–Crippen LogP) is 4.11. The number of nitrogens with one attached hydrogen (secondary N) is 1. The second kappa shape index (κ2) is 6.04. The molecule has 2 aromatic rings. The van der Waals surface area contributed by atoms with Crippen LogP contribution in [0.1, 0.15) is 22.0 Å². The maximum atomic E-state index is 6.18. The zero-order valence-corrected chi connectivity index (χ0v) is 12.2. The molecular weight excluding hydrogens is 287 g/mol. The molecule has 1 heterocycles. The quantitative estimate of drug-likeness (QED) is 0.659. The summed E-state index contributed by atoms with van der Waals surface area (Å²) in [5.74, 6) is 5.65. The van der Waals surface area contributed by atoms with Crippen LogP contribution in [-0.2, 0) is 6.42 Å². The van der Waals surface area contributed by atoms with Crippen LogP contribution in [0.4, 0.5) is 0 Å². The van der Waals surface area contributed by atoms with E-state index in [1.165, 1.54) is 10.4 Å². The number of halogens is 2. The van der Waals surface area contributed by atoms with Crippen molar-refractivity contribution in [2.45, 2.75) is 19.4 Å². The zero-order valence-electron chi connectivity index (χ0n) is 9.91. The van der Waals surface area contributed by atoms with Gasteiger partial charge in [0.2, 0.25) is 0 Å². The second-order valence-electron chi connectivity index (χ2n) is 4.09. The van der Waals surface area contributed by atoms with Crippen molar-refractivity contribution in [1.29, 1.82) is 0 Å². The van der Waals surface area contributed by atoms with Crippen LogP contribution in [0.3, 0.4) is 0 Å². The average molecular weight is 301 g/mol. The molecule has 0 radical (unpaired) electrons. The summed E-state index contributed by atoms with van der Waals surface area (Å²) in [6.45, 7) is 2.07. The molecule has 2 nitrogen and oxygen atoms in total. The van der Waals surface area contributed by atoms with Gasteiger partial charge in [-0.25, -0.2) is 0 Å². The highest BCUT2D eigenvalue weighted by Crippen LogP contribution is 2.31. The molecule has 1 aromatic carbocycles. The molecule has 0 saturated heterocycles. The Hall–Kier alpha value is -0.580. The third kappa shape index (κ3) is 2.87. The van der Waals surface area contributed by atoms with Gasteiger partial charge >= 0.3 is 0 Å². The van der Waals surface area contributed by atoms with E-state index in [4.69, 9.17) is 29.0 Å². The molecule has 0 aliphatic heterocycles. The van der Waals surface area contributed by atoms with E-state index < -0.39 is 0 Å². The number of benzene rings is 1. The number of hydrogen-bond acceptors (Lipinski definition) is 3. The molecule has 2 rings (SSSR count). The maximum Gasteiger partial charge on any atom is 0.0597 e. The molecule has 0 fully saturated rings. The minimum atomic E-state index is 0.0300. The zero-order chi connectivity index (χ0) is 13.1. The summed E-state index contributed by atoms with van der Waals surface area (Å²) in [5, 5.41) is 3.41. The molecule has 0 aliphatic carbocycles. The Morgan fingerprint density at radius 3 is 2.44 bits per heavy atom. The Morgan fingerprint density at radius 2 is 1.94 bits per heavy atom. The van der Waals surface area contributed by atoms with Crippen molar-refractivity contribution < 1.29 is 0 Å². The molecule has 1 unspecified atom stereocenters. The van der Waals surface area contributed by atoms with Crippen LogP contribution in [0.2, 0.25) is 10.0 Å². The lowest BCUT2D eigenvalue weighted by atomic mass is 10.0. The van der Waals surface area contributed by atoms with E-state index in [0.29, 0.717) is 16.5 Å². The summed E-state index contributed by atoms with van der Waals surface area (Å²) in [4.78, 5) is 1.22. The van der Waals surface area contributed by atoms with Gasteiger partial charge in [-0.2, -0.15) is 0 Å².